The lowest BCUT2D eigenvalue weighted by Crippen LogP contribution is -2.38. The summed E-state index contributed by atoms with van der Waals surface area (Å²) in [5, 5.41) is 12.2. The fourth-order valence-corrected chi connectivity index (χ4v) is 2.17. The SMILES string of the molecule is CCNc1cc(C(=O)N(CCCO)C(C)C)cc(CC)n1. The van der Waals surface area contributed by atoms with E-state index in [9.17, 15) is 4.79 Å². The van der Waals surface area contributed by atoms with Gasteiger partial charge in [-0.25, -0.2) is 4.98 Å². The molecule has 0 aromatic carbocycles. The van der Waals surface area contributed by atoms with Crippen LogP contribution >= 0.6 is 0 Å². The summed E-state index contributed by atoms with van der Waals surface area (Å²) in [5.74, 6) is 0.737. The average molecular weight is 293 g/mol. The maximum atomic E-state index is 12.7. The number of rotatable bonds is 8. The number of aromatic nitrogens is 1. The number of aryl methyl sites for hydroxylation is 1. The van der Waals surface area contributed by atoms with E-state index in [1.807, 2.05) is 33.8 Å². The van der Waals surface area contributed by atoms with Crippen LogP contribution in [-0.4, -0.2) is 46.6 Å². The van der Waals surface area contributed by atoms with Crippen molar-refractivity contribution in [2.75, 3.05) is 25.0 Å². The van der Waals surface area contributed by atoms with Gasteiger partial charge in [-0.05, 0) is 45.7 Å². The largest absolute Gasteiger partial charge is 0.396 e. The highest BCUT2D eigenvalue weighted by Gasteiger charge is 2.19. The number of hydrogen-bond acceptors (Lipinski definition) is 4. The average Bonchev–Trinajstić information content (AvgIpc) is 2.47. The van der Waals surface area contributed by atoms with Gasteiger partial charge in [-0.1, -0.05) is 6.92 Å². The minimum atomic E-state index is -0.00490. The van der Waals surface area contributed by atoms with E-state index in [4.69, 9.17) is 5.11 Å². The van der Waals surface area contributed by atoms with Gasteiger partial charge in [0.05, 0.1) is 0 Å². The molecule has 0 aliphatic rings. The van der Waals surface area contributed by atoms with Crippen LogP contribution in [0.3, 0.4) is 0 Å². The summed E-state index contributed by atoms with van der Waals surface area (Å²) in [5.41, 5.74) is 1.56. The first-order valence-corrected chi connectivity index (χ1v) is 7.70. The highest BCUT2D eigenvalue weighted by molar-refractivity contribution is 5.95. The van der Waals surface area contributed by atoms with E-state index in [0.29, 0.717) is 18.5 Å². The Kier molecular flexibility index (Phi) is 7.15. The van der Waals surface area contributed by atoms with Crippen molar-refractivity contribution < 1.29 is 9.90 Å². The number of amides is 1. The number of nitrogens with one attached hydrogen (secondary N) is 1. The summed E-state index contributed by atoms with van der Waals surface area (Å²) in [6, 6.07) is 3.77. The Morgan fingerprint density at radius 3 is 2.62 bits per heavy atom. The quantitative estimate of drug-likeness (QED) is 0.772. The Hall–Kier alpha value is -1.62. The number of aliphatic hydroxyl groups is 1. The number of aliphatic hydroxyl groups excluding tert-OH is 1. The summed E-state index contributed by atoms with van der Waals surface area (Å²) >= 11 is 0. The molecule has 1 aromatic rings. The topological polar surface area (TPSA) is 65.5 Å². The van der Waals surface area contributed by atoms with Gasteiger partial charge in [-0.2, -0.15) is 0 Å². The van der Waals surface area contributed by atoms with Gasteiger partial charge in [0.1, 0.15) is 5.82 Å². The summed E-state index contributed by atoms with van der Waals surface area (Å²) in [4.78, 5) is 19.0. The number of hydrogen-bond donors (Lipinski definition) is 2. The number of carbonyl (C=O) groups is 1. The van der Waals surface area contributed by atoms with Crippen LogP contribution in [0.2, 0.25) is 0 Å². The van der Waals surface area contributed by atoms with Crippen LogP contribution in [0.15, 0.2) is 12.1 Å². The van der Waals surface area contributed by atoms with Crippen LogP contribution in [-0.2, 0) is 6.42 Å². The molecular weight excluding hydrogens is 266 g/mol. The van der Waals surface area contributed by atoms with Crippen LogP contribution in [0.4, 0.5) is 5.82 Å². The smallest absolute Gasteiger partial charge is 0.254 e. The van der Waals surface area contributed by atoms with E-state index < -0.39 is 0 Å². The molecule has 118 valence electrons. The Morgan fingerprint density at radius 2 is 2.10 bits per heavy atom. The number of pyridine rings is 1. The minimum Gasteiger partial charge on any atom is -0.396 e. The van der Waals surface area contributed by atoms with E-state index >= 15 is 0 Å². The molecule has 0 unspecified atom stereocenters. The fraction of sp³-hybridized carbons (Fsp3) is 0.625. The van der Waals surface area contributed by atoms with Gasteiger partial charge in [0.25, 0.3) is 5.91 Å². The van der Waals surface area contributed by atoms with Crippen molar-refractivity contribution in [3.63, 3.8) is 0 Å². The zero-order chi connectivity index (χ0) is 15.8. The Bertz CT molecular complexity index is 461. The second kappa shape index (κ2) is 8.62. The molecule has 0 atom stereocenters. The first-order chi connectivity index (χ1) is 10.0. The molecule has 2 N–H and O–H groups in total. The Balaban J connectivity index is 3.05. The van der Waals surface area contributed by atoms with E-state index in [1.165, 1.54) is 0 Å². The molecule has 1 amide bonds. The molecular formula is C16H27N3O2. The van der Waals surface area contributed by atoms with Gasteiger partial charge in [0, 0.05) is 37.0 Å². The maximum Gasteiger partial charge on any atom is 0.254 e. The van der Waals surface area contributed by atoms with Crippen LogP contribution in [0.25, 0.3) is 0 Å². The molecule has 1 aromatic heterocycles. The van der Waals surface area contributed by atoms with E-state index in [2.05, 4.69) is 10.3 Å². The van der Waals surface area contributed by atoms with E-state index in [0.717, 1.165) is 24.5 Å². The molecule has 5 heteroatoms. The van der Waals surface area contributed by atoms with Crippen molar-refractivity contribution in [3.8, 4) is 0 Å². The van der Waals surface area contributed by atoms with Crippen molar-refractivity contribution in [2.24, 2.45) is 0 Å². The van der Waals surface area contributed by atoms with E-state index in [-0.39, 0.29) is 18.6 Å². The minimum absolute atomic E-state index is 0.00490. The summed E-state index contributed by atoms with van der Waals surface area (Å²) < 4.78 is 0. The molecule has 0 fully saturated rings. The van der Waals surface area contributed by atoms with Gasteiger partial charge in [0.2, 0.25) is 0 Å². The molecule has 0 spiro atoms. The highest BCUT2D eigenvalue weighted by atomic mass is 16.3. The molecule has 0 saturated carbocycles. The zero-order valence-corrected chi connectivity index (χ0v) is 13.5. The molecule has 21 heavy (non-hydrogen) atoms. The second-order valence-electron chi connectivity index (χ2n) is 5.29. The van der Waals surface area contributed by atoms with Crippen LogP contribution in [0, 0.1) is 0 Å². The standard InChI is InChI=1S/C16H27N3O2/c1-5-14-10-13(11-15(18-14)17-6-2)16(21)19(12(3)4)8-7-9-20/h10-12,20H,5-9H2,1-4H3,(H,17,18). The normalized spacial score (nSPS) is 10.8. The molecule has 0 radical (unpaired) electrons. The fourth-order valence-electron chi connectivity index (χ4n) is 2.17. The van der Waals surface area contributed by atoms with Gasteiger partial charge in [-0.15, -0.1) is 0 Å². The van der Waals surface area contributed by atoms with Crippen LogP contribution in [0.1, 0.15) is 50.2 Å². The summed E-state index contributed by atoms with van der Waals surface area (Å²) in [7, 11) is 0. The summed E-state index contributed by atoms with van der Waals surface area (Å²) in [6.07, 6.45) is 1.38. The molecule has 0 bridgehead atoms. The zero-order valence-electron chi connectivity index (χ0n) is 13.5. The third-order valence-electron chi connectivity index (χ3n) is 3.29. The third kappa shape index (κ3) is 5.01. The molecule has 5 nitrogen and oxygen atoms in total. The highest BCUT2D eigenvalue weighted by Crippen LogP contribution is 2.15. The molecule has 0 aliphatic heterocycles. The number of nitrogens with zero attached hydrogens (tertiary/aromatic N) is 2. The van der Waals surface area contributed by atoms with Gasteiger partial charge >= 0.3 is 0 Å². The van der Waals surface area contributed by atoms with Gasteiger partial charge in [-0.3, -0.25) is 4.79 Å². The van der Waals surface area contributed by atoms with Crippen molar-refractivity contribution in [2.45, 2.75) is 46.6 Å². The molecule has 1 rings (SSSR count). The lowest BCUT2D eigenvalue weighted by atomic mass is 10.1. The van der Waals surface area contributed by atoms with Crippen LogP contribution < -0.4 is 5.32 Å². The van der Waals surface area contributed by atoms with Crippen LogP contribution in [0.5, 0.6) is 0 Å². The van der Waals surface area contributed by atoms with Crippen molar-refractivity contribution >= 4 is 11.7 Å². The van der Waals surface area contributed by atoms with Crippen molar-refractivity contribution in [1.29, 1.82) is 0 Å². The van der Waals surface area contributed by atoms with Crippen molar-refractivity contribution in [3.05, 3.63) is 23.4 Å². The van der Waals surface area contributed by atoms with E-state index in [1.54, 1.807) is 11.0 Å². The Morgan fingerprint density at radius 1 is 1.38 bits per heavy atom. The number of anilines is 1. The summed E-state index contributed by atoms with van der Waals surface area (Å²) in [6.45, 7) is 9.43. The predicted octanol–water partition coefficient (Wildman–Crippen LogP) is 2.31. The third-order valence-corrected chi connectivity index (χ3v) is 3.29. The Labute approximate surface area is 127 Å². The first kappa shape index (κ1) is 17.4. The molecule has 0 saturated heterocycles. The predicted molar refractivity (Wildman–Crippen MR) is 85.7 cm³/mol. The van der Waals surface area contributed by atoms with Gasteiger partial charge in [0.15, 0.2) is 0 Å². The first-order valence-electron chi connectivity index (χ1n) is 7.70. The molecule has 1 heterocycles. The number of carbonyl (C=O) groups excluding carboxylic acids is 1. The second-order valence-corrected chi connectivity index (χ2v) is 5.29. The lowest BCUT2D eigenvalue weighted by molar-refractivity contribution is 0.0693. The van der Waals surface area contributed by atoms with Crippen molar-refractivity contribution in [1.82, 2.24) is 9.88 Å². The molecule has 0 aliphatic carbocycles. The monoisotopic (exact) mass is 293 g/mol. The maximum absolute atomic E-state index is 12.7. The lowest BCUT2D eigenvalue weighted by Gasteiger charge is -2.27. The van der Waals surface area contributed by atoms with Gasteiger partial charge < -0.3 is 15.3 Å².